The first-order chi connectivity index (χ1) is 10.1. The lowest BCUT2D eigenvalue weighted by molar-refractivity contribution is -0.119. The highest BCUT2D eigenvalue weighted by Crippen LogP contribution is 2.13. The van der Waals surface area contributed by atoms with Crippen LogP contribution in [0.4, 0.5) is 5.69 Å². The molecule has 0 saturated heterocycles. The van der Waals surface area contributed by atoms with E-state index in [1.807, 2.05) is 24.3 Å². The van der Waals surface area contributed by atoms with Gasteiger partial charge in [0.1, 0.15) is 0 Å². The van der Waals surface area contributed by atoms with Crippen molar-refractivity contribution in [2.24, 2.45) is 0 Å². The topological polar surface area (TPSA) is 41.1 Å². The fourth-order valence-electron chi connectivity index (χ4n) is 2.10. The predicted molar refractivity (Wildman–Crippen MR) is 87.4 cm³/mol. The molecule has 0 unspecified atom stereocenters. The van der Waals surface area contributed by atoms with Crippen molar-refractivity contribution in [3.05, 3.63) is 64.7 Å². The molecule has 0 radical (unpaired) electrons. The summed E-state index contributed by atoms with van der Waals surface area (Å²) in [5.41, 5.74) is 5.80. The van der Waals surface area contributed by atoms with Gasteiger partial charge in [-0.05, 0) is 55.2 Å². The number of hydrogen-bond donors (Lipinski definition) is 2. The molecule has 0 spiro atoms. The third-order valence-corrected chi connectivity index (χ3v) is 3.70. The minimum absolute atomic E-state index is 0.00326. The number of hydrogen-bond acceptors (Lipinski definition) is 2. The van der Waals surface area contributed by atoms with E-state index >= 15 is 0 Å². The molecule has 0 atom stereocenters. The van der Waals surface area contributed by atoms with Crippen LogP contribution in [0.15, 0.2) is 42.5 Å². The van der Waals surface area contributed by atoms with Crippen LogP contribution in [0.5, 0.6) is 0 Å². The van der Waals surface area contributed by atoms with Crippen molar-refractivity contribution in [1.29, 1.82) is 0 Å². The van der Waals surface area contributed by atoms with Gasteiger partial charge in [-0.2, -0.15) is 0 Å². The van der Waals surface area contributed by atoms with Crippen LogP contribution in [0.1, 0.15) is 22.3 Å². The Bertz CT molecular complexity index is 635. The van der Waals surface area contributed by atoms with Crippen LogP contribution in [-0.4, -0.2) is 12.5 Å². The Morgan fingerprint density at radius 1 is 0.952 bits per heavy atom. The molecule has 21 heavy (non-hydrogen) atoms. The standard InChI is InChI=1S/C18H22N2O/c1-13-8-9-17(10-15(13)3)19-12-18(21)20-11-16-7-5-4-6-14(16)2/h4-10,19H,11-12H2,1-3H3,(H,20,21). The Morgan fingerprint density at radius 3 is 2.43 bits per heavy atom. The van der Waals surface area contributed by atoms with E-state index in [9.17, 15) is 4.79 Å². The van der Waals surface area contributed by atoms with Crippen LogP contribution in [0, 0.1) is 20.8 Å². The lowest BCUT2D eigenvalue weighted by atomic mass is 10.1. The zero-order valence-corrected chi connectivity index (χ0v) is 12.9. The third kappa shape index (κ3) is 4.35. The van der Waals surface area contributed by atoms with E-state index in [-0.39, 0.29) is 12.5 Å². The van der Waals surface area contributed by atoms with E-state index in [1.165, 1.54) is 16.7 Å². The molecule has 0 aliphatic rings. The first kappa shape index (κ1) is 15.1. The first-order valence-corrected chi connectivity index (χ1v) is 7.18. The monoisotopic (exact) mass is 282 g/mol. The Balaban J connectivity index is 1.82. The zero-order valence-electron chi connectivity index (χ0n) is 12.9. The maximum atomic E-state index is 11.9. The molecular formula is C18H22N2O. The van der Waals surface area contributed by atoms with Crippen LogP contribution in [0.3, 0.4) is 0 Å². The maximum Gasteiger partial charge on any atom is 0.239 e. The second-order valence-electron chi connectivity index (χ2n) is 5.36. The molecule has 2 aromatic carbocycles. The van der Waals surface area contributed by atoms with Crippen molar-refractivity contribution in [2.75, 3.05) is 11.9 Å². The average molecular weight is 282 g/mol. The minimum Gasteiger partial charge on any atom is -0.376 e. The summed E-state index contributed by atoms with van der Waals surface area (Å²) in [6.45, 7) is 7.05. The Hall–Kier alpha value is -2.29. The molecule has 2 aromatic rings. The quantitative estimate of drug-likeness (QED) is 0.883. The molecule has 3 nitrogen and oxygen atoms in total. The average Bonchev–Trinajstić information content (AvgIpc) is 2.47. The minimum atomic E-state index is -0.00326. The summed E-state index contributed by atoms with van der Waals surface area (Å²) in [5.74, 6) is -0.00326. The summed E-state index contributed by atoms with van der Waals surface area (Å²) in [4.78, 5) is 11.9. The molecule has 0 fully saturated rings. The summed E-state index contributed by atoms with van der Waals surface area (Å²) in [6.07, 6.45) is 0. The Kier molecular flexibility index (Phi) is 4.99. The van der Waals surface area contributed by atoms with Gasteiger partial charge in [-0.25, -0.2) is 0 Å². The molecule has 0 saturated carbocycles. The summed E-state index contributed by atoms with van der Waals surface area (Å²) in [6, 6.07) is 14.2. The van der Waals surface area contributed by atoms with Crippen molar-refractivity contribution >= 4 is 11.6 Å². The summed E-state index contributed by atoms with van der Waals surface area (Å²) >= 11 is 0. The van der Waals surface area contributed by atoms with E-state index in [2.05, 4.69) is 49.6 Å². The van der Waals surface area contributed by atoms with Crippen LogP contribution >= 0.6 is 0 Å². The smallest absolute Gasteiger partial charge is 0.239 e. The fourth-order valence-corrected chi connectivity index (χ4v) is 2.10. The normalized spacial score (nSPS) is 10.2. The molecule has 1 amide bonds. The second-order valence-corrected chi connectivity index (χ2v) is 5.36. The van der Waals surface area contributed by atoms with Gasteiger partial charge in [-0.3, -0.25) is 4.79 Å². The predicted octanol–water partition coefficient (Wildman–Crippen LogP) is 3.34. The van der Waals surface area contributed by atoms with Crippen molar-refractivity contribution < 1.29 is 4.79 Å². The maximum absolute atomic E-state index is 11.9. The highest BCUT2D eigenvalue weighted by atomic mass is 16.1. The van der Waals surface area contributed by atoms with Gasteiger partial charge in [0, 0.05) is 12.2 Å². The van der Waals surface area contributed by atoms with E-state index < -0.39 is 0 Å². The zero-order chi connectivity index (χ0) is 15.2. The summed E-state index contributed by atoms with van der Waals surface area (Å²) < 4.78 is 0. The first-order valence-electron chi connectivity index (χ1n) is 7.18. The van der Waals surface area contributed by atoms with Crippen LogP contribution < -0.4 is 10.6 Å². The number of amides is 1. The third-order valence-electron chi connectivity index (χ3n) is 3.70. The largest absolute Gasteiger partial charge is 0.376 e. The van der Waals surface area contributed by atoms with Gasteiger partial charge in [0.2, 0.25) is 5.91 Å². The van der Waals surface area contributed by atoms with E-state index in [0.717, 1.165) is 11.3 Å². The molecule has 0 heterocycles. The summed E-state index contributed by atoms with van der Waals surface area (Å²) in [7, 11) is 0. The Labute approximate surface area is 126 Å². The molecule has 0 aliphatic carbocycles. The van der Waals surface area contributed by atoms with Crippen molar-refractivity contribution in [3.63, 3.8) is 0 Å². The molecule has 0 bridgehead atoms. The van der Waals surface area contributed by atoms with Crippen molar-refractivity contribution in [1.82, 2.24) is 5.32 Å². The van der Waals surface area contributed by atoms with Gasteiger partial charge in [-0.15, -0.1) is 0 Å². The van der Waals surface area contributed by atoms with Gasteiger partial charge < -0.3 is 10.6 Å². The van der Waals surface area contributed by atoms with Gasteiger partial charge in [-0.1, -0.05) is 30.3 Å². The van der Waals surface area contributed by atoms with Gasteiger partial charge in [0.15, 0.2) is 0 Å². The second kappa shape index (κ2) is 6.93. The van der Waals surface area contributed by atoms with Gasteiger partial charge in [0.05, 0.1) is 6.54 Å². The van der Waals surface area contributed by atoms with Crippen LogP contribution in [0.25, 0.3) is 0 Å². The molecule has 2 N–H and O–H groups in total. The number of anilines is 1. The number of nitrogens with one attached hydrogen (secondary N) is 2. The number of carbonyl (C=O) groups excluding carboxylic acids is 1. The number of carbonyl (C=O) groups is 1. The van der Waals surface area contributed by atoms with Crippen molar-refractivity contribution in [3.8, 4) is 0 Å². The molecule has 3 heteroatoms. The Morgan fingerprint density at radius 2 is 1.71 bits per heavy atom. The van der Waals surface area contributed by atoms with Crippen molar-refractivity contribution in [2.45, 2.75) is 27.3 Å². The molecule has 0 aliphatic heterocycles. The molecular weight excluding hydrogens is 260 g/mol. The molecule has 110 valence electrons. The fraction of sp³-hybridized carbons (Fsp3) is 0.278. The molecule has 2 rings (SSSR count). The van der Waals surface area contributed by atoms with Gasteiger partial charge in [0.25, 0.3) is 0 Å². The summed E-state index contributed by atoms with van der Waals surface area (Å²) in [5, 5.41) is 6.09. The number of aryl methyl sites for hydroxylation is 3. The van der Waals surface area contributed by atoms with E-state index in [1.54, 1.807) is 0 Å². The van der Waals surface area contributed by atoms with Gasteiger partial charge >= 0.3 is 0 Å². The highest BCUT2D eigenvalue weighted by molar-refractivity contribution is 5.80. The highest BCUT2D eigenvalue weighted by Gasteiger charge is 2.03. The number of benzene rings is 2. The SMILES string of the molecule is Cc1ccc(NCC(=O)NCc2ccccc2C)cc1C. The lowest BCUT2D eigenvalue weighted by Crippen LogP contribution is -2.29. The molecule has 0 aromatic heterocycles. The van der Waals surface area contributed by atoms with E-state index in [4.69, 9.17) is 0 Å². The number of rotatable bonds is 5. The van der Waals surface area contributed by atoms with Crippen LogP contribution in [-0.2, 0) is 11.3 Å². The lowest BCUT2D eigenvalue weighted by Gasteiger charge is -2.10. The van der Waals surface area contributed by atoms with Crippen LogP contribution in [0.2, 0.25) is 0 Å². The van der Waals surface area contributed by atoms with E-state index in [0.29, 0.717) is 6.54 Å².